The van der Waals surface area contributed by atoms with Crippen LogP contribution in [0.25, 0.3) is 6.08 Å². The predicted octanol–water partition coefficient (Wildman–Crippen LogP) is 1.11. The smallest absolute Gasteiger partial charge is 0.328 e. The van der Waals surface area contributed by atoms with Gasteiger partial charge in [-0.2, -0.15) is 0 Å². The van der Waals surface area contributed by atoms with Crippen molar-refractivity contribution < 1.29 is 23.8 Å². The molecule has 0 bridgehead atoms. The zero-order valence-electron chi connectivity index (χ0n) is 11.2. The summed E-state index contributed by atoms with van der Waals surface area (Å²) in [6.45, 7) is 1.76. The summed E-state index contributed by atoms with van der Waals surface area (Å²) in [5.41, 5.74) is 0.801. The molecular formula is C14H15NO5. The van der Waals surface area contributed by atoms with E-state index < -0.39 is 12.0 Å². The number of ether oxygens (including phenoxy) is 3. The van der Waals surface area contributed by atoms with Gasteiger partial charge in [-0.3, -0.25) is 4.79 Å². The average Bonchev–Trinajstić information content (AvgIpc) is 2.91. The summed E-state index contributed by atoms with van der Waals surface area (Å²) in [4.78, 5) is 22.8. The lowest BCUT2D eigenvalue weighted by Gasteiger charge is -2.09. The molecule has 1 aromatic carbocycles. The molecule has 1 aliphatic heterocycles. The van der Waals surface area contributed by atoms with Crippen molar-refractivity contribution in [3.8, 4) is 11.5 Å². The van der Waals surface area contributed by atoms with Crippen molar-refractivity contribution in [3.05, 3.63) is 29.8 Å². The van der Waals surface area contributed by atoms with Crippen molar-refractivity contribution in [2.24, 2.45) is 0 Å². The molecule has 20 heavy (non-hydrogen) atoms. The third kappa shape index (κ3) is 3.28. The minimum absolute atomic E-state index is 0.208. The molecule has 0 saturated heterocycles. The quantitative estimate of drug-likeness (QED) is 0.659. The lowest BCUT2D eigenvalue weighted by molar-refractivity contribution is -0.144. The van der Waals surface area contributed by atoms with Crippen molar-refractivity contribution >= 4 is 18.0 Å². The molecule has 0 spiro atoms. The standard InChI is InChI=1S/C14H15NO5/c1-9(14(17)18-2)15-13(16)6-4-10-3-5-11-12(7-10)20-8-19-11/h3-7,9H,8H2,1-2H3,(H,15,16). The Labute approximate surface area is 116 Å². The van der Waals surface area contributed by atoms with E-state index >= 15 is 0 Å². The maximum absolute atomic E-state index is 11.6. The van der Waals surface area contributed by atoms with Crippen LogP contribution in [-0.4, -0.2) is 31.8 Å². The molecule has 0 saturated carbocycles. The van der Waals surface area contributed by atoms with E-state index in [1.807, 2.05) is 0 Å². The highest BCUT2D eigenvalue weighted by atomic mass is 16.7. The second-order valence-corrected chi connectivity index (χ2v) is 4.20. The molecule has 1 unspecified atom stereocenters. The van der Waals surface area contributed by atoms with Crippen molar-refractivity contribution in [1.82, 2.24) is 5.32 Å². The van der Waals surface area contributed by atoms with Crippen molar-refractivity contribution in [3.63, 3.8) is 0 Å². The molecule has 0 fully saturated rings. The summed E-state index contributed by atoms with van der Waals surface area (Å²) < 4.78 is 14.9. The fourth-order valence-electron chi connectivity index (χ4n) is 1.69. The van der Waals surface area contributed by atoms with Gasteiger partial charge in [0, 0.05) is 6.08 Å². The summed E-state index contributed by atoms with van der Waals surface area (Å²) in [5.74, 6) is 0.469. The first-order valence-corrected chi connectivity index (χ1v) is 6.06. The number of rotatable bonds is 4. The maximum atomic E-state index is 11.6. The summed E-state index contributed by atoms with van der Waals surface area (Å²) in [5, 5.41) is 2.50. The number of carbonyl (C=O) groups is 2. The van der Waals surface area contributed by atoms with E-state index in [-0.39, 0.29) is 12.7 Å². The van der Waals surface area contributed by atoms with E-state index in [9.17, 15) is 9.59 Å². The number of methoxy groups -OCH3 is 1. The minimum atomic E-state index is -0.686. The van der Waals surface area contributed by atoms with Gasteiger partial charge in [0.25, 0.3) is 0 Å². The highest BCUT2D eigenvalue weighted by molar-refractivity contribution is 5.94. The van der Waals surface area contributed by atoms with Crippen LogP contribution in [0, 0.1) is 0 Å². The number of hydrogen-bond acceptors (Lipinski definition) is 5. The fraction of sp³-hybridized carbons (Fsp3) is 0.286. The van der Waals surface area contributed by atoms with E-state index in [1.165, 1.54) is 13.2 Å². The first-order valence-electron chi connectivity index (χ1n) is 6.06. The zero-order valence-corrected chi connectivity index (χ0v) is 11.2. The first kappa shape index (κ1) is 13.9. The van der Waals surface area contributed by atoms with Gasteiger partial charge in [0.15, 0.2) is 11.5 Å². The molecule has 106 valence electrons. The van der Waals surface area contributed by atoms with Crippen molar-refractivity contribution in [2.75, 3.05) is 13.9 Å². The lowest BCUT2D eigenvalue weighted by atomic mass is 10.2. The van der Waals surface area contributed by atoms with Crippen LogP contribution < -0.4 is 14.8 Å². The van der Waals surface area contributed by atoms with Crippen LogP contribution in [0.2, 0.25) is 0 Å². The van der Waals surface area contributed by atoms with Gasteiger partial charge in [-0.25, -0.2) is 4.79 Å². The number of fused-ring (bicyclic) bond motifs is 1. The summed E-state index contributed by atoms with van der Waals surface area (Å²) in [6.07, 6.45) is 2.97. The third-order valence-corrected chi connectivity index (χ3v) is 2.74. The van der Waals surface area contributed by atoms with Gasteiger partial charge in [-0.1, -0.05) is 6.07 Å². The Balaban J connectivity index is 1.95. The van der Waals surface area contributed by atoms with Crippen LogP contribution >= 0.6 is 0 Å². The molecule has 1 atom stereocenters. The fourth-order valence-corrected chi connectivity index (χ4v) is 1.69. The van der Waals surface area contributed by atoms with Crippen LogP contribution in [0.1, 0.15) is 12.5 Å². The Hall–Kier alpha value is -2.50. The number of hydrogen-bond donors (Lipinski definition) is 1. The number of nitrogens with one attached hydrogen (secondary N) is 1. The minimum Gasteiger partial charge on any atom is -0.467 e. The number of carbonyl (C=O) groups excluding carboxylic acids is 2. The second-order valence-electron chi connectivity index (χ2n) is 4.20. The van der Waals surface area contributed by atoms with Crippen molar-refractivity contribution in [1.29, 1.82) is 0 Å². The molecule has 0 aromatic heterocycles. The lowest BCUT2D eigenvalue weighted by Crippen LogP contribution is -2.38. The average molecular weight is 277 g/mol. The number of amides is 1. The molecular weight excluding hydrogens is 262 g/mol. The first-order chi connectivity index (χ1) is 9.60. The molecule has 1 N–H and O–H groups in total. The van der Waals surface area contributed by atoms with Crippen LogP contribution in [0.15, 0.2) is 24.3 Å². The zero-order chi connectivity index (χ0) is 14.5. The Morgan fingerprint density at radius 2 is 2.10 bits per heavy atom. The number of esters is 1. The van der Waals surface area contributed by atoms with Gasteiger partial charge in [-0.15, -0.1) is 0 Å². The van der Waals surface area contributed by atoms with Crippen LogP contribution in [-0.2, 0) is 14.3 Å². The molecule has 0 radical (unpaired) electrons. The predicted molar refractivity (Wildman–Crippen MR) is 71.2 cm³/mol. The molecule has 1 aliphatic rings. The Morgan fingerprint density at radius 3 is 2.85 bits per heavy atom. The molecule has 6 heteroatoms. The monoisotopic (exact) mass is 277 g/mol. The second kappa shape index (κ2) is 6.10. The van der Waals surface area contributed by atoms with Gasteiger partial charge in [0.2, 0.25) is 12.7 Å². The molecule has 1 heterocycles. The SMILES string of the molecule is COC(=O)C(C)NC(=O)C=Cc1ccc2c(c1)OCO2. The van der Waals surface area contributed by atoms with E-state index in [0.29, 0.717) is 11.5 Å². The largest absolute Gasteiger partial charge is 0.467 e. The van der Waals surface area contributed by atoms with Gasteiger partial charge >= 0.3 is 5.97 Å². The Morgan fingerprint density at radius 1 is 1.35 bits per heavy atom. The molecule has 1 amide bonds. The molecule has 2 rings (SSSR count). The van der Waals surface area contributed by atoms with E-state index in [4.69, 9.17) is 9.47 Å². The summed E-state index contributed by atoms with van der Waals surface area (Å²) >= 11 is 0. The number of benzene rings is 1. The van der Waals surface area contributed by atoms with Gasteiger partial charge in [-0.05, 0) is 30.7 Å². The van der Waals surface area contributed by atoms with E-state index in [2.05, 4.69) is 10.1 Å². The van der Waals surface area contributed by atoms with E-state index in [0.717, 1.165) is 5.56 Å². The summed E-state index contributed by atoms with van der Waals surface area (Å²) in [7, 11) is 1.27. The normalized spacial score (nSPS) is 14.1. The van der Waals surface area contributed by atoms with Crippen LogP contribution in [0.3, 0.4) is 0 Å². The molecule has 1 aromatic rings. The van der Waals surface area contributed by atoms with Gasteiger partial charge in [0.1, 0.15) is 6.04 Å². The van der Waals surface area contributed by atoms with Gasteiger partial charge in [0.05, 0.1) is 7.11 Å². The summed E-state index contributed by atoms with van der Waals surface area (Å²) in [6, 6.07) is 4.67. The van der Waals surface area contributed by atoms with Crippen molar-refractivity contribution in [2.45, 2.75) is 13.0 Å². The highest BCUT2D eigenvalue weighted by Gasteiger charge is 2.14. The molecule has 0 aliphatic carbocycles. The van der Waals surface area contributed by atoms with Crippen LogP contribution in [0.4, 0.5) is 0 Å². The Kier molecular flexibility index (Phi) is 4.24. The maximum Gasteiger partial charge on any atom is 0.328 e. The third-order valence-electron chi connectivity index (χ3n) is 2.74. The molecule has 6 nitrogen and oxygen atoms in total. The highest BCUT2D eigenvalue weighted by Crippen LogP contribution is 2.32. The topological polar surface area (TPSA) is 73.9 Å². The Bertz CT molecular complexity index is 552. The van der Waals surface area contributed by atoms with Crippen LogP contribution in [0.5, 0.6) is 11.5 Å². The van der Waals surface area contributed by atoms with Gasteiger partial charge < -0.3 is 19.5 Å². The van der Waals surface area contributed by atoms with E-state index in [1.54, 1.807) is 31.2 Å².